The molecule has 4 aromatic rings. The molecule has 0 spiro atoms. The number of nitrogens with zero attached hydrogens (tertiary/aromatic N) is 3. The number of halogens is 3. The summed E-state index contributed by atoms with van der Waals surface area (Å²) in [6.07, 6.45) is 2.46. The lowest BCUT2D eigenvalue weighted by Gasteiger charge is -2.07. The lowest BCUT2D eigenvalue weighted by Crippen LogP contribution is -2.36. The molecule has 30 heavy (non-hydrogen) atoms. The number of H-pyrrole nitrogens is 1. The molecule has 0 saturated carbocycles. The van der Waals surface area contributed by atoms with Crippen molar-refractivity contribution in [3.05, 3.63) is 95.1 Å². The van der Waals surface area contributed by atoms with Crippen LogP contribution < -0.4 is 21.8 Å². The van der Waals surface area contributed by atoms with Gasteiger partial charge in [0, 0.05) is 11.2 Å². The highest BCUT2D eigenvalue weighted by atomic mass is 35.5. The molecule has 2 N–H and O–H groups in total. The summed E-state index contributed by atoms with van der Waals surface area (Å²) in [5.74, 6) is -0.349. The molecule has 152 valence electrons. The van der Waals surface area contributed by atoms with Crippen molar-refractivity contribution in [3.63, 3.8) is 0 Å². The van der Waals surface area contributed by atoms with Gasteiger partial charge in [-0.25, -0.2) is 14.0 Å². The summed E-state index contributed by atoms with van der Waals surface area (Å²) >= 11 is 18.3. The number of aromatic amines is 1. The van der Waals surface area contributed by atoms with Gasteiger partial charge in [0.05, 0.1) is 32.5 Å². The smallest absolute Gasteiger partial charge is 0.339 e. The predicted octanol–water partition coefficient (Wildman–Crippen LogP) is 2.48. The number of benzene rings is 2. The minimum Gasteiger partial charge on any atom is -0.493 e. The zero-order valence-corrected chi connectivity index (χ0v) is 17.4. The Hall–Kier alpha value is -3.13. The van der Waals surface area contributed by atoms with E-state index >= 15 is 0 Å². The van der Waals surface area contributed by atoms with Gasteiger partial charge in [-0.15, -0.1) is 0 Å². The highest BCUT2D eigenvalue weighted by Gasteiger charge is 2.15. The number of aromatic hydroxyl groups is 1. The van der Waals surface area contributed by atoms with Crippen molar-refractivity contribution < 1.29 is 5.11 Å². The van der Waals surface area contributed by atoms with E-state index in [4.69, 9.17) is 34.8 Å². The molecule has 0 saturated heterocycles. The molecule has 2 aromatic carbocycles. The van der Waals surface area contributed by atoms with Gasteiger partial charge < -0.3 is 5.11 Å². The molecular formula is C20H13Cl3N4O3. The van der Waals surface area contributed by atoms with Crippen molar-refractivity contribution in [1.29, 1.82) is 0 Å². The molecule has 2 aromatic heterocycles. The Morgan fingerprint density at radius 1 is 1.03 bits per heavy atom. The average molecular weight is 464 g/mol. The molecule has 0 aliphatic rings. The van der Waals surface area contributed by atoms with E-state index < -0.39 is 11.2 Å². The molecule has 0 radical (unpaired) electrons. The summed E-state index contributed by atoms with van der Waals surface area (Å²) in [6, 6.07) is 11.6. The van der Waals surface area contributed by atoms with Crippen molar-refractivity contribution in [3.8, 4) is 17.3 Å². The van der Waals surface area contributed by atoms with Crippen molar-refractivity contribution >= 4 is 47.6 Å². The Kier molecular flexibility index (Phi) is 5.11. The number of hydrogen-bond donors (Lipinski definition) is 2. The van der Waals surface area contributed by atoms with Crippen molar-refractivity contribution in [2.75, 3.05) is 0 Å². The van der Waals surface area contributed by atoms with E-state index in [1.165, 1.54) is 29.1 Å². The highest BCUT2D eigenvalue weighted by molar-refractivity contribution is 6.40. The summed E-state index contributed by atoms with van der Waals surface area (Å²) in [5, 5.41) is 13.9. The molecule has 0 aliphatic carbocycles. The van der Waals surface area contributed by atoms with Crippen molar-refractivity contribution in [1.82, 2.24) is 18.9 Å². The molecule has 0 bridgehead atoms. The molecule has 10 heteroatoms. The van der Waals surface area contributed by atoms with E-state index in [-0.39, 0.29) is 32.2 Å². The van der Waals surface area contributed by atoms with E-state index in [1.807, 2.05) is 6.07 Å². The number of imidazole rings is 1. The third kappa shape index (κ3) is 3.37. The molecule has 0 atom stereocenters. The molecule has 4 rings (SSSR count). The molecule has 2 heterocycles. The Morgan fingerprint density at radius 2 is 1.67 bits per heavy atom. The van der Waals surface area contributed by atoms with Crippen LogP contribution >= 0.6 is 34.8 Å². The number of para-hydroxylation sites is 1. The average Bonchev–Trinajstić information content (AvgIpc) is 3.13. The van der Waals surface area contributed by atoms with Crippen LogP contribution in [0.5, 0.6) is 5.88 Å². The van der Waals surface area contributed by atoms with Crippen molar-refractivity contribution in [2.45, 2.75) is 0 Å². The standard InChI is InChI=1S/C20H13Cl3N4O3/c1-11-14(19(29)27(24-11)18-15(22)7-12(21)8-16(18)23)9-26-17(28)10-25(20(26)30)13-5-3-2-4-6-13/h2-10,24,28H,1H2. The first-order valence-corrected chi connectivity index (χ1v) is 9.66. The third-order valence-corrected chi connectivity index (χ3v) is 5.20. The SMILES string of the molecule is C=c1[nH]n(-c2c(Cl)cc(Cl)cc2Cl)c(=O)c1=Cn1c(O)cn(-c2ccccc2)c1=O. The Bertz CT molecular complexity index is 1470. The summed E-state index contributed by atoms with van der Waals surface area (Å²) in [5.41, 5.74) is -0.376. The van der Waals surface area contributed by atoms with Gasteiger partial charge in [-0.05, 0) is 24.3 Å². The second kappa shape index (κ2) is 7.60. The van der Waals surface area contributed by atoms with E-state index in [0.29, 0.717) is 10.7 Å². The van der Waals surface area contributed by atoms with E-state index in [2.05, 4.69) is 11.7 Å². The van der Waals surface area contributed by atoms with Crippen molar-refractivity contribution in [2.24, 2.45) is 0 Å². The number of hydrogen-bond acceptors (Lipinski definition) is 3. The first-order valence-electron chi connectivity index (χ1n) is 8.53. The van der Waals surface area contributed by atoms with Crippen LogP contribution in [-0.4, -0.2) is 24.0 Å². The van der Waals surface area contributed by atoms with Gasteiger partial charge in [0.25, 0.3) is 5.56 Å². The summed E-state index contributed by atoms with van der Waals surface area (Å²) < 4.78 is 3.31. The van der Waals surface area contributed by atoms with E-state index in [0.717, 1.165) is 9.25 Å². The zero-order chi connectivity index (χ0) is 21.6. The van der Waals surface area contributed by atoms with Crippen LogP contribution in [0.3, 0.4) is 0 Å². The fraction of sp³-hybridized carbons (Fsp3) is 0. The van der Waals surface area contributed by atoms with Gasteiger partial charge in [-0.3, -0.25) is 14.5 Å². The monoisotopic (exact) mass is 462 g/mol. The van der Waals surface area contributed by atoms with Crippen LogP contribution in [0.1, 0.15) is 0 Å². The van der Waals surface area contributed by atoms with Crippen LogP contribution in [0.2, 0.25) is 15.1 Å². The topological polar surface area (TPSA) is 84.9 Å². The minimum atomic E-state index is -0.565. The fourth-order valence-electron chi connectivity index (χ4n) is 3.01. The van der Waals surface area contributed by atoms with Crippen LogP contribution in [0.25, 0.3) is 24.2 Å². The molecule has 0 amide bonds. The molecule has 0 fully saturated rings. The van der Waals surface area contributed by atoms with E-state index in [9.17, 15) is 14.7 Å². The molecule has 0 aliphatic heterocycles. The second-order valence-electron chi connectivity index (χ2n) is 6.34. The summed E-state index contributed by atoms with van der Waals surface area (Å²) in [6.45, 7) is 3.80. The lowest BCUT2D eigenvalue weighted by atomic mass is 10.3. The van der Waals surface area contributed by atoms with E-state index in [1.54, 1.807) is 24.3 Å². The van der Waals surface area contributed by atoms with Gasteiger partial charge in [-0.2, -0.15) is 0 Å². The number of rotatable bonds is 3. The normalized spacial score (nSPS) is 11.9. The maximum Gasteiger partial charge on any atom is 0.339 e. The number of aromatic nitrogens is 4. The fourth-order valence-corrected chi connectivity index (χ4v) is 3.99. The minimum absolute atomic E-state index is 0.0419. The largest absolute Gasteiger partial charge is 0.493 e. The lowest BCUT2D eigenvalue weighted by molar-refractivity contribution is 0.444. The first-order chi connectivity index (χ1) is 14.3. The molecule has 0 unspecified atom stereocenters. The van der Waals surface area contributed by atoms with Gasteiger partial charge in [0.15, 0.2) is 0 Å². The Morgan fingerprint density at radius 3 is 2.30 bits per heavy atom. The highest BCUT2D eigenvalue weighted by Crippen LogP contribution is 2.30. The maximum absolute atomic E-state index is 13.0. The molecular weight excluding hydrogens is 451 g/mol. The van der Waals surface area contributed by atoms with Crippen LogP contribution in [0, 0.1) is 0 Å². The van der Waals surface area contributed by atoms with Gasteiger partial charge in [0.1, 0.15) is 5.69 Å². The quantitative estimate of drug-likeness (QED) is 0.489. The van der Waals surface area contributed by atoms with Crippen LogP contribution in [0.15, 0.2) is 58.3 Å². The maximum atomic E-state index is 13.0. The Balaban J connectivity index is 1.93. The van der Waals surface area contributed by atoms with Gasteiger partial charge in [0.2, 0.25) is 5.88 Å². The number of nitrogens with one attached hydrogen (secondary N) is 1. The van der Waals surface area contributed by atoms with Crippen LogP contribution in [-0.2, 0) is 0 Å². The van der Waals surface area contributed by atoms with Gasteiger partial charge >= 0.3 is 5.69 Å². The third-order valence-electron chi connectivity index (χ3n) is 4.41. The second-order valence-corrected chi connectivity index (χ2v) is 7.59. The Labute approximate surface area is 183 Å². The zero-order valence-electron chi connectivity index (χ0n) is 15.1. The predicted molar refractivity (Wildman–Crippen MR) is 118 cm³/mol. The van der Waals surface area contributed by atoms with Crippen LogP contribution in [0.4, 0.5) is 0 Å². The summed E-state index contributed by atoms with van der Waals surface area (Å²) in [7, 11) is 0. The first kappa shape index (κ1) is 20.2. The molecule has 7 nitrogen and oxygen atoms in total. The van der Waals surface area contributed by atoms with Gasteiger partial charge in [-0.1, -0.05) is 59.6 Å². The summed E-state index contributed by atoms with van der Waals surface area (Å²) in [4.78, 5) is 25.8.